The molecule has 0 spiro atoms. The molecule has 1 aliphatic heterocycles. The summed E-state index contributed by atoms with van der Waals surface area (Å²) in [5, 5.41) is 18.0. The van der Waals surface area contributed by atoms with Gasteiger partial charge in [0.15, 0.2) is 17.6 Å². The molecule has 2 N–H and O–H groups in total. The Kier molecular flexibility index (Phi) is 3.08. The lowest BCUT2D eigenvalue weighted by Gasteiger charge is -2.32. The summed E-state index contributed by atoms with van der Waals surface area (Å²) in [6.07, 6.45) is -0.221. The predicted octanol–water partition coefficient (Wildman–Crippen LogP) is 0.570. The van der Waals surface area contributed by atoms with Crippen molar-refractivity contribution >= 4 is 0 Å². The number of para-hydroxylation sites is 2. The highest BCUT2D eigenvalue weighted by Gasteiger charge is 2.30. The van der Waals surface area contributed by atoms with Gasteiger partial charge in [0.05, 0.1) is 6.61 Å². The van der Waals surface area contributed by atoms with Crippen LogP contribution in [0.4, 0.5) is 0 Å². The molecule has 0 aliphatic carbocycles. The van der Waals surface area contributed by atoms with Crippen LogP contribution in [0.5, 0.6) is 11.5 Å². The SMILES string of the molecule is OCC[C@H]1Oc2ccccc2O[C@@H]1CO. The lowest BCUT2D eigenvalue weighted by atomic mass is 10.1. The molecule has 1 aromatic carbocycles. The molecule has 4 nitrogen and oxygen atoms in total. The molecule has 0 saturated carbocycles. The summed E-state index contributed by atoms with van der Waals surface area (Å²) in [6.45, 7) is -0.0916. The highest BCUT2D eigenvalue weighted by atomic mass is 16.6. The molecule has 2 rings (SSSR count). The molecule has 1 aromatic rings. The maximum atomic E-state index is 9.13. The Labute approximate surface area is 88.1 Å². The summed E-state index contributed by atoms with van der Waals surface area (Å²) in [5.74, 6) is 1.31. The largest absolute Gasteiger partial charge is 0.482 e. The Hall–Kier alpha value is -1.26. The van der Waals surface area contributed by atoms with Crippen molar-refractivity contribution in [2.45, 2.75) is 18.6 Å². The molecule has 1 heterocycles. The van der Waals surface area contributed by atoms with Gasteiger partial charge in [-0.15, -0.1) is 0 Å². The Balaban J connectivity index is 2.19. The number of aliphatic hydroxyl groups excluding tert-OH is 2. The quantitative estimate of drug-likeness (QED) is 0.765. The van der Waals surface area contributed by atoms with E-state index in [1.165, 1.54) is 0 Å². The summed E-state index contributed by atoms with van der Waals surface area (Å²) in [6, 6.07) is 7.32. The van der Waals surface area contributed by atoms with Crippen LogP contribution in [0, 0.1) is 0 Å². The first-order valence-corrected chi connectivity index (χ1v) is 4.99. The zero-order valence-electron chi connectivity index (χ0n) is 8.30. The summed E-state index contributed by atoms with van der Waals surface area (Å²) >= 11 is 0. The highest BCUT2D eigenvalue weighted by molar-refractivity contribution is 5.41. The fraction of sp³-hybridized carbons (Fsp3) is 0.455. The van der Waals surface area contributed by atoms with Gasteiger partial charge >= 0.3 is 0 Å². The lowest BCUT2D eigenvalue weighted by Crippen LogP contribution is -2.42. The van der Waals surface area contributed by atoms with Crippen molar-refractivity contribution in [1.82, 2.24) is 0 Å². The van der Waals surface area contributed by atoms with E-state index in [2.05, 4.69) is 0 Å². The monoisotopic (exact) mass is 210 g/mol. The Bertz CT molecular complexity index is 326. The van der Waals surface area contributed by atoms with E-state index < -0.39 is 6.10 Å². The fourth-order valence-electron chi connectivity index (χ4n) is 1.65. The van der Waals surface area contributed by atoms with Crippen LogP contribution in [0.25, 0.3) is 0 Å². The van der Waals surface area contributed by atoms with E-state index in [0.717, 1.165) is 0 Å². The van der Waals surface area contributed by atoms with Crippen LogP contribution < -0.4 is 9.47 Å². The van der Waals surface area contributed by atoms with Gasteiger partial charge in [0, 0.05) is 13.0 Å². The van der Waals surface area contributed by atoms with E-state index in [1.54, 1.807) is 6.07 Å². The van der Waals surface area contributed by atoms with Crippen molar-refractivity contribution in [3.63, 3.8) is 0 Å². The van der Waals surface area contributed by atoms with Gasteiger partial charge in [0.2, 0.25) is 0 Å². The third kappa shape index (κ3) is 2.06. The van der Waals surface area contributed by atoms with Crippen molar-refractivity contribution in [2.75, 3.05) is 13.2 Å². The van der Waals surface area contributed by atoms with Crippen LogP contribution in [0.1, 0.15) is 6.42 Å². The standard InChI is InChI=1S/C11H14O4/c12-6-5-10-11(7-13)15-9-4-2-1-3-8(9)14-10/h1-4,10-13H,5-7H2/t10-,11-/m1/s1. The molecule has 0 bridgehead atoms. The number of ether oxygens (including phenoxy) is 2. The molecule has 0 aromatic heterocycles. The van der Waals surface area contributed by atoms with Gasteiger partial charge in [-0.25, -0.2) is 0 Å². The first-order valence-electron chi connectivity index (χ1n) is 4.99. The molecule has 4 heteroatoms. The van der Waals surface area contributed by atoms with E-state index in [9.17, 15) is 0 Å². The molecule has 0 unspecified atom stereocenters. The fourth-order valence-corrected chi connectivity index (χ4v) is 1.65. The van der Waals surface area contributed by atoms with Gasteiger partial charge in [-0.1, -0.05) is 12.1 Å². The van der Waals surface area contributed by atoms with Crippen LogP contribution in [0.3, 0.4) is 0 Å². The molecular weight excluding hydrogens is 196 g/mol. The van der Waals surface area contributed by atoms with Gasteiger partial charge in [-0.3, -0.25) is 0 Å². The number of benzene rings is 1. The Morgan fingerprint density at radius 1 is 1.00 bits per heavy atom. The zero-order valence-corrected chi connectivity index (χ0v) is 8.30. The van der Waals surface area contributed by atoms with E-state index in [-0.39, 0.29) is 19.3 Å². The molecule has 2 atom stereocenters. The topological polar surface area (TPSA) is 58.9 Å². The first kappa shape index (κ1) is 10.3. The van der Waals surface area contributed by atoms with Crippen LogP contribution in [-0.2, 0) is 0 Å². The maximum Gasteiger partial charge on any atom is 0.161 e. The minimum atomic E-state index is -0.396. The Morgan fingerprint density at radius 2 is 1.60 bits per heavy atom. The van der Waals surface area contributed by atoms with Crippen molar-refractivity contribution in [3.05, 3.63) is 24.3 Å². The summed E-state index contributed by atoms with van der Waals surface area (Å²) in [4.78, 5) is 0. The molecule has 15 heavy (non-hydrogen) atoms. The van der Waals surface area contributed by atoms with Crippen molar-refractivity contribution in [3.8, 4) is 11.5 Å². The summed E-state index contributed by atoms with van der Waals surface area (Å²) < 4.78 is 11.2. The van der Waals surface area contributed by atoms with Crippen molar-refractivity contribution in [1.29, 1.82) is 0 Å². The van der Waals surface area contributed by atoms with Crippen LogP contribution in [0.2, 0.25) is 0 Å². The van der Waals surface area contributed by atoms with E-state index in [0.29, 0.717) is 17.9 Å². The maximum absolute atomic E-state index is 9.13. The molecule has 0 fully saturated rings. The smallest absolute Gasteiger partial charge is 0.161 e. The second-order valence-electron chi connectivity index (χ2n) is 3.45. The van der Waals surface area contributed by atoms with Gasteiger partial charge in [0.25, 0.3) is 0 Å². The van der Waals surface area contributed by atoms with Crippen LogP contribution >= 0.6 is 0 Å². The lowest BCUT2D eigenvalue weighted by molar-refractivity contribution is -0.0206. The van der Waals surface area contributed by atoms with Gasteiger partial charge < -0.3 is 19.7 Å². The Morgan fingerprint density at radius 3 is 2.13 bits per heavy atom. The molecule has 0 amide bonds. The second kappa shape index (κ2) is 4.51. The van der Waals surface area contributed by atoms with Crippen LogP contribution in [0.15, 0.2) is 24.3 Å². The van der Waals surface area contributed by atoms with E-state index in [4.69, 9.17) is 19.7 Å². The minimum Gasteiger partial charge on any atom is -0.482 e. The zero-order chi connectivity index (χ0) is 10.7. The molecule has 0 saturated heterocycles. The van der Waals surface area contributed by atoms with E-state index >= 15 is 0 Å². The molecular formula is C11H14O4. The highest BCUT2D eigenvalue weighted by Crippen LogP contribution is 2.34. The average Bonchev–Trinajstić information content (AvgIpc) is 2.28. The third-order valence-electron chi connectivity index (χ3n) is 2.41. The van der Waals surface area contributed by atoms with Gasteiger partial charge in [-0.05, 0) is 12.1 Å². The normalized spacial score (nSPS) is 23.9. The van der Waals surface area contributed by atoms with Gasteiger partial charge in [-0.2, -0.15) is 0 Å². The molecule has 0 radical (unpaired) electrons. The van der Waals surface area contributed by atoms with Crippen molar-refractivity contribution in [2.24, 2.45) is 0 Å². The minimum absolute atomic E-state index is 0.0205. The van der Waals surface area contributed by atoms with Gasteiger partial charge in [0.1, 0.15) is 6.10 Å². The third-order valence-corrected chi connectivity index (χ3v) is 2.41. The number of aliphatic hydroxyl groups is 2. The van der Waals surface area contributed by atoms with E-state index in [1.807, 2.05) is 18.2 Å². The number of fused-ring (bicyclic) bond motifs is 1. The van der Waals surface area contributed by atoms with Crippen molar-refractivity contribution < 1.29 is 19.7 Å². The predicted molar refractivity (Wildman–Crippen MR) is 54.1 cm³/mol. The number of rotatable bonds is 3. The second-order valence-corrected chi connectivity index (χ2v) is 3.45. The first-order chi connectivity index (χ1) is 7.35. The summed E-state index contributed by atoms with van der Waals surface area (Å²) in [5.41, 5.74) is 0. The molecule has 82 valence electrons. The van der Waals surface area contributed by atoms with Crippen LogP contribution in [-0.4, -0.2) is 35.6 Å². The number of hydrogen-bond acceptors (Lipinski definition) is 4. The average molecular weight is 210 g/mol. The molecule has 1 aliphatic rings. The summed E-state index contributed by atoms with van der Waals surface area (Å²) in [7, 11) is 0. The number of hydrogen-bond donors (Lipinski definition) is 2.